The summed E-state index contributed by atoms with van der Waals surface area (Å²) in [7, 11) is 1.43. The van der Waals surface area contributed by atoms with Crippen molar-refractivity contribution in [2.75, 3.05) is 12.5 Å². The monoisotopic (exact) mass is 401 g/mol. The number of ether oxygens (including phenoxy) is 1. The van der Waals surface area contributed by atoms with Crippen molar-refractivity contribution in [1.29, 1.82) is 0 Å². The number of rotatable bonds is 6. The minimum atomic E-state index is -4.54. The van der Waals surface area contributed by atoms with Gasteiger partial charge < -0.3 is 9.84 Å². The van der Waals surface area contributed by atoms with Gasteiger partial charge in [-0.05, 0) is 36.8 Å². The zero-order chi connectivity index (χ0) is 20.2. The summed E-state index contributed by atoms with van der Waals surface area (Å²) < 4.78 is 43.0. The average molecular weight is 402 g/mol. The molecule has 0 amide bonds. The number of aromatic nitrogens is 1. The van der Waals surface area contributed by atoms with Crippen molar-refractivity contribution in [2.45, 2.75) is 19.5 Å². The van der Waals surface area contributed by atoms with Crippen LogP contribution in [-0.4, -0.2) is 28.9 Å². The van der Waals surface area contributed by atoms with Crippen LogP contribution in [0.5, 0.6) is 5.75 Å². The average Bonchev–Trinajstić information content (AvgIpc) is 2.59. The lowest BCUT2D eigenvalue weighted by molar-refractivity contribution is -0.138. The first-order valence-corrected chi connectivity index (χ1v) is 7.91. The molecule has 0 spiro atoms. The van der Waals surface area contributed by atoms with Crippen molar-refractivity contribution in [1.82, 2.24) is 4.98 Å². The molecule has 0 aliphatic carbocycles. The summed E-state index contributed by atoms with van der Waals surface area (Å²) in [5.41, 5.74) is 3.05. The van der Waals surface area contributed by atoms with Gasteiger partial charge in [-0.15, -0.1) is 0 Å². The third kappa shape index (κ3) is 5.33. The number of nitrogens with one attached hydrogen (secondary N) is 1. The second-order valence-electron chi connectivity index (χ2n) is 5.46. The molecule has 2 aromatic rings. The van der Waals surface area contributed by atoms with Gasteiger partial charge in [0, 0.05) is 11.8 Å². The SMILES string of the molecule is COc1ccc(/C(C)=N\Nc2ncc(C(F)(F)F)cc2Cl)cc1CC(=O)O. The molecule has 0 aliphatic heterocycles. The molecule has 27 heavy (non-hydrogen) atoms. The van der Waals surface area contributed by atoms with E-state index >= 15 is 0 Å². The molecule has 1 heterocycles. The third-order valence-electron chi connectivity index (χ3n) is 3.54. The van der Waals surface area contributed by atoms with Gasteiger partial charge in [-0.2, -0.15) is 18.3 Å². The molecule has 1 aromatic carbocycles. The van der Waals surface area contributed by atoms with E-state index in [2.05, 4.69) is 15.5 Å². The van der Waals surface area contributed by atoms with E-state index in [9.17, 15) is 18.0 Å². The van der Waals surface area contributed by atoms with Crippen LogP contribution in [0.4, 0.5) is 19.0 Å². The smallest absolute Gasteiger partial charge is 0.417 e. The molecule has 0 bridgehead atoms. The van der Waals surface area contributed by atoms with Gasteiger partial charge in [-0.3, -0.25) is 10.2 Å². The maximum atomic E-state index is 12.6. The quantitative estimate of drug-likeness (QED) is 0.559. The van der Waals surface area contributed by atoms with E-state index in [4.69, 9.17) is 21.4 Å². The van der Waals surface area contributed by atoms with Gasteiger partial charge in [-0.25, -0.2) is 4.98 Å². The topological polar surface area (TPSA) is 83.8 Å². The minimum Gasteiger partial charge on any atom is -0.496 e. The number of nitrogens with zero attached hydrogens (tertiary/aromatic N) is 2. The number of hydrogen-bond donors (Lipinski definition) is 2. The Bertz CT molecular complexity index is 885. The Morgan fingerprint density at radius 3 is 2.63 bits per heavy atom. The van der Waals surface area contributed by atoms with E-state index in [1.54, 1.807) is 25.1 Å². The number of alkyl halides is 3. The van der Waals surface area contributed by atoms with Gasteiger partial charge in [0.25, 0.3) is 0 Å². The molecule has 0 radical (unpaired) electrons. The van der Waals surface area contributed by atoms with Crippen LogP contribution >= 0.6 is 11.6 Å². The van der Waals surface area contributed by atoms with E-state index in [0.717, 1.165) is 6.07 Å². The first-order chi connectivity index (χ1) is 12.6. The summed E-state index contributed by atoms with van der Waals surface area (Å²) in [5, 5.41) is 12.8. The lowest BCUT2D eigenvalue weighted by Gasteiger charge is -2.11. The van der Waals surface area contributed by atoms with Crippen LogP contribution in [-0.2, 0) is 17.4 Å². The standard InChI is InChI=1S/C17H15ClF3N3O3/c1-9(10-3-4-14(27-2)11(5-10)6-15(25)26)23-24-16-13(18)7-12(8-22-16)17(19,20)21/h3-5,7-8H,6H2,1-2H3,(H,22,24)(H,25,26)/b23-9-. The molecule has 0 unspecified atom stereocenters. The van der Waals surface area contributed by atoms with E-state index in [1.807, 2.05) is 0 Å². The molecule has 0 saturated heterocycles. The largest absolute Gasteiger partial charge is 0.496 e. The fraction of sp³-hybridized carbons (Fsp3) is 0.235. The zero-order valence-electron chi connectivity index (χ0n) is 14.3. The Morgan fingerprint density at radius 2 is 2.07 bits per heavy atom. The maximum Gasteiger partial charge on any atom is 0.417 e. The van der Waals surface area contributed by atoms with Crippen LogP contribution in [0.3, 0.4) is 0 Å². The van der Waals surface area contributed by atoms with Gasteiger partial charge in [0.05, 0.1) is 29.8 Å². The number of methoxy groups -OCH3 is 1. The van der Waals surface area contributed by atoms with Crippen LogP contribution in [0.15, 0.2) is 35.6 Å². The van der Waals surface area contributed by atoms with Crippen LogP contribution in [0, 0.1) is 0 Å². The van der Waals surface area contributed by atoms with Crippen molar-refractivity contribution in [3.63, 3.8) is 0 Å². The first-order valence-electron chi connectivity index (χ1n) is 7.54. The van der Waals surface area contributed by atoms with E-state index in [0.29, 0.717) is 28.8 Å². The molecular weight excluding hydrogens is 387 g/mol. The number of aliphatic carboxylic acids is 1. The van der Waals surface area contributed by atoms with Gasteiger partial charge in [-0.1, -0.05) is 11.6 Å². The number of carboxylic acid groups (broad SMARTS) is 1. The number of benzene rings is 1. The van der Waals surface area contributed by atoms with E-state index in [-0.39, 0.29) is 17.3 Å². The van der Waals surface area contributed by atoms with E-state index in [1.165, 1.54) is 7.11 Å². The first kappa shape index (κ1) is 20.5. The molecule has 0 saturated carbocycles. The number of anilines is 1. The normalized spacial score (nSPS) is 12.0. The molecule has 10 heteroatoms. The van der Waals surface area contributed by atoms with Gasteiger partial charge >= 0.3 is 12.1 Å². The third-order valence-corrected chi connectivity index (χ3v) is 3.83. The van der Waals surface area contributed by atoms with Gasteiger partial charge in [0.15, 0.2) is 5.82 Å². The molecule has 6 nitrogen and oxygen atoms in total. The summed E-state index contributed by atoms with van der Waals surface area (Å²) in [6, 6.07) is 5.64. The minimum absolute atomic E-state index is 0.0386. The Kier molecular flexibility index (Phi) is 6.27. The van der Waals surface area contributed by atoms with Crippen molar-refractivity contribution < 1.29 is 27.8 Å². The Hall–Kier alpha value is -2.81. The molecule has 0 atom stereocenters. The molecule has 2 N–H and O–H groups in total. The predicted molar refractivity (Wildman–Crippen MR) is 94.4 cm³/mol. The highest BCUT2D eigenvalue weighted by Crippen LogP contribution is 2.32. The van der Waals surface area contributed by atoms with E-state index < -0.39 is 17.7 Å². The number of carbonyl (C=O) groups is 1. The summed E-state index contributed by atoms with van der Waals surface area (Å²) in [6.07, 6.45) is -4.13. The summed E-state index contributed by atoms with van der Waals surface area (Å²) in [4.78, 5) is 14.6. The van der Waals surface area contributed by atoms with Crippen LogP contribution in [0.2, 0.25) is 5.02 Å². The zero-order valence-corrected chi connectivity index (χ0v) is 15.0. The Morgan fingerprint density at radius 1 is 1.37 bits per heavy atom. The maximum absolute atomic E-state index is 12.6. The lowest BCUT2D eigenvalue weighted by Crippen LogP contribution is -2.08. The second-order valence-corrected chi connectivity index (χ2v) is 5.87. The van der Waals surface area contributed by atoms with Crippen molar-refractivity contribution in [2.24, 2.45) is 5.10 Å². The van der Waals surface area contributed by atoms with Gasteiger partial charge in [0.1, 0.15) is 5.75 Å². The van der Waals surface area contributed by atoms with Crippen molar-refractivity contribution in [3.05, 3.63) is 52.2 Å². The fourth-order valence-electron chi connectivity index (χ4n) is 2.18. The molecule has 144 valence electrons. The molecular formula is C17H15ClF3N3O3. The Labute approximate surface area is 157 Å². The van der Waals surface area contributed by atoms with Crippen LogP contribution < -0.4 is 10.2 Å². The molecule has 2 rings (SSSR count). The van der Waals surface area contributed by atoms with Crippen LogP contribution in [0.25, 0.3) is 0 Å². The summed E-state index contributed by atoms with van der Waals surface area (Å²) >= 11 is 5.81. The predicted octanol–water partition coefficient (Wildman–Crippen LogP) is 4.23. The summed E-state index contributed by atoms with van der Waals surface area (Å²) in [6.45, 7) is 1.64. The molecule has 1 aromatic heterocycles. The molecule has 0 aliphatic rings. The van der Waals surface area contributed by atoms with Crippen molar-refractivity contribution >= 4 is 29.1 Å². The fourth-order valence-corrected chi connectivity index (χ4v) is 2.39. The highest BCUT2D eigenvalue weighted by atomic mass is 35.5. The molecule has 0 fully saturated rings. The second kappa shape index (κ2) is 8.26. The highest BCUT2D eigenvalue weighted by Gasteiger charge is 2.31. The van der Waals surface area contributed by atoms with Crippen molar-refractivity contribution in [3.8, 4) is 5.75 Å². The highest BCUT2D eigenvalue weighted by molar-refractivity contribution is 6.33. The lowest BCUT2D eigenvalue weighted by atomic mass is 10.0. The number of hydrogen-bond acceptors (Lipinski definition) is 5. The van der Waals surface area contributed by atoms with Crippen LogP contribution in [0.1, 0.15) is 23.6 Å². The number of halogens is 4. The summed E-state index contributed by atoms with van der Waals surface area (Å²) in [5.74, 6) is -0.628. The Balaban J connectivity index is 2.24. The number of pyridine rings is 1. The van der Waals surface area contributed by atoms with Gasteiger partial charge in [0.2, 0.25) is 0 Å². The number of hydrazone groups is 1. The number of carboxylic acids is 1.